The Bertz CT molecular complexity index is 468. The molecule has 0 radical (unpaired) electrons. The van der Waals surface area contributed by atoms with E-state index in [9.17, 15) is 13.6 Å². The molecule has 0 bridgehead atoms. The van der Waals surface area contributed by atoms with E-state index in [4.69, 9.17) is 4.74 Å². The predicted molar refractivity (Wildman–Crippen MR) is 72.8 cm³/mol. The molecule has 1 amide bonds. The van der Waals surface area contributed by atoms with Crippen LogP contribution in [-0.2, 0) is 9.53 Å². The summed E-state index contributed by atoms with van der Waals surface area (Å²) in [5.74, 6) is -1.61. The molecule has 112 valence electrons. The summed E-state index contributed by atoms with van der Waals surface area (Å²) in [5, 5.41) is 5.70. The third-order valence-corrected chi connectivity index (χ3v) is 3.01. The van der Waals surface area contributed by atoms with Crippen LogP contribution in [0, 0.1) is 11.6 Å². The predicted octanol–water partition coefficient (Wildman–Crippen LogP) is 1.55. The van der Waals surface area contributed by atoms with Crippen LogP contribution >= 0.6 is 12.4 Å². The summed E-state index contributed by atoms with van der Waals surface area (Å²) >= 11 is 0. The van der Waals surface area contributed by atoms with Crippen LogP contribution in [0.15, 0.2) is 18.2 Å². The first kappa shape index (κ1) is 16.8. The number of hydrogen-bond donors (Lipinski definition) is 2. The van der Waals surface area contributed by atoms with Crippen LogP contribution in [0.3, 0.4) is 0 Å². The zero-order chi connectivity index (χ0) is 13.8. The molecule has 1 heterocycles. The fourth-order valence-electron chi connectivity index (χ4n) is 1.97. The molecule has 1 aliphatic rings. The van der Waals surface area contributed by atoms with Gasteiger partial charge in [-0.2, -0.15) is 0 Å². The maximum Gasteiger partial charge on any atom is 0.250 e. The minimum Gasteiger partial charge on any atom is -0.366 e. The minimum absolute atomic E-state index is 0. The van der Waals surface area contributed by atoms with Crippen LogP contribution < -0.4 is 10.6 Å². The zero-order valence-electron chi connectivity index (χ0n) is 11.0. The lowest BCUT2D eigenvalue weighted by atomic mass is 10.1. The molecule has 2 N–H and O–H groups in total. The Hall–Kier alpha value is -1.24. The normalized spacial score (nSPS) is 19.9. The van der Waals surface area contributed by atoms with E-state index in [1.807, 2.05) is 0 Å². The van der Waals surface area contributed by atoms with Gasteiger partial charge in [0.25, 0.3) is 5.91 Å². The molecule has 1 saturated heterocycles. The second-order valence-corrected chi connectivity index (χ2v) is 4.46. The molecular weight excluding hydrogens is 290 g/mol. The maximum atomic E-state index is 13.6. The Morgan fingerprint density at radius 1 is 1.50 bits per heavy atom. The highest BCUT2D eigenvalue weighted by atomic mass is 35.5. The summed E-state index contributed by atoms with van der Waals surface area (Å²) in [6.07, 6.45) is -0.570. The molecule has 2 unspecified atom stereocenters. The van der Waals surface area contributed by atoms with E-state index in [1.165, 1.54) is 12.1 Å². The summed E-state index contributed by atoms with van der Waals surface area (Å²) in [7, 11) is 0. The average Bonchev–Trinajstić information content (AvgIpc) is 2.39. The zero-order valence-corrected chi connectivity index (χ0v) is 11.8. The lowest BCUT2D eigenvalue weighted by molar-refractivity contribution is -0.134. The van der Waals surface area contributed by atoms with Crippen LogP contribution in [0.1, 0.15) is 18.5 Å². The van der Waals surface area contributed by atoms with Gasteiger partial charge in [-0.3, -0.25) is 4.79 Å². The molecule has 4 nitrogen and oxygen atoms in total. The molecule has 0 spiro atoms. The van der Waals surface area contributed by atoms with Crippen molar-refractivity contribution in [3.8, 4) is 0 Å². The van der Waals surface area contributed by atoms with Crippen molar-refractivity contribution in [1.29, 1.82) is 0 Å². The molecule has 0 saturated carbocycles. The highest BCUT2D eigenvalue weighted by Gasteiger charge is 2.24. The van der Waals surface area contributed by atoms with E-state index in [1.54, 1.807) is 6.92 Å². The molecular formula is C13H17ClF2N2O2. The van der Waals surface area contributed by atoms with E-state index in [2.05, 4.69) is 10.6 Å². The fraction of sp³-hybridized carbons (Fsp3) is 0.462. The minimum atomic E-state index is -0.671. The molecule has 0 aliphatic carbocycles. The lowest BCUT2D eigenvalue weighted by Crippen LogP contribution is -2.48. The number of carbonyl (C=O) groups is 1. The lowest BCUT2D eigenvalue weighted by Gasteiger charge is -2.24. The van der Waals surface area contributed by atoms with E-state index in [-0.39, 0.29) is 23.9 Å². The smallest absolute Gasteiger partial charge is 0.250 e. The van der Waals surface area contributed by atoms with E-state index >= 15 is 0 Å². The fourth-order valence-corrected chi connectivity index (χ4v) is 1.97. The highest BCUT2D eigenvalue weighted by Crippen LogP contribution is 2.18. The van der Waals surface area contributed by atoms with Crippen molar-refractivity contribution in [3.63, 3.8) is 0 Å². The Labute approximate surface area is 122 Å². The Morgan fingerprint density at radius 3 is 2.85 bits per heavy atom. The Kier molecular flexibility index (Phi) is 6.32. The van der Waals surface area contributed by atoms with Crippen LogP contribution in [0.2, 0.25) is 0 Å². The van der Waals surface area contributed by atoms with Gasteiger partial charge in [-0.05, 0) is 13.0 Å². The first-order valence-corrected chi connectivity index (χ1v) is 6.15. The first-order valence-electron chi connectivity index (χ1n) is 6.15. The first-order chi connectivity index (χ1) is 9.08. The standard InChI is InChI=1S/C13H16F2N2O2.ClH/c1-8(10-3-2-9(14)6-11(10)15)17-13(18)12-7-16-4-5-19-12;/h2-3,6,8,12,16H,4-5,7H2,1H3,(H,17,18);1H. The summed E-state index contributed by atoms with van der Waals surface area (Å²) in [5.41, 5.74) is 0.249. The Balaban J connectivity index is 0.00000200. The molecule has 20 heavy (non-hydrogen) atoms. The van der Waals surface area contributed by atoms with Gasteiger partial charge in [-0.15, -0.1) is 12.4 Å². The van der Waals surface area contributed by atoms with Crippen molar-refractivity contribution >= 4 is 18.3 Å². The van der Waals surface area contributed by atoms with E-state index in [0.717, 1.165) is 6.07 Å². The number of halogens is 3. The quantitative estimate of drug-likeness (QED) is 0.891. The summed E-state index contributed by atoms with van der Waals surface area (Å²) in [4.78, 5) is 11.9. The van der Waals surface area contributed by atoms with Crippen LogP contribution in [0.25, 0.3) is 0 Å². The second-order valence-electron chi connectivity index (χ2n) is 4.46. The molecule has 0 aromatic heterocycles. The number of amides is 1. The molecule has 2 rings (SSSR count). The van der Waals surface area contributed by atoms with Gasteiger partial charge in [-0.25, -0.2) is 8.78 Å². The number of hydrogen-bond acceptors (Lipinski definition) is 3. The van der Waals surface area contributed by atoms with Gasteiger partial charge >= 0.3 is 0 Å². The number of morpholine rings is 1. The monoisotopic (exact) mass is 306 g/mol. The average molecular weight is 307 g/mol. The SMILES string of the molecule is CC(NC(=O)C1CNCCO1)c1ccc(F)cc1F.Cl. The van der Waals surface area contributed by atoms with E-state index < -0.39 is 23.8 Å². The number of rotatable bonds is 3. The molecule has 1 aliphatic heterocycles. The van der Waals surface area contributed by atoms with Crippen molar-refractivity contribution in [2.45, 2.75) is 19.1 Å². The van der Waals surface area contributed by atoms with Gasteiger partial charge in [0.2, 0.25) is 0 Å². The number of nitrogens with one attached hydrogen (secondary N) is 2. The topological polar surface area (TPSA) is 50.4 Å². The molecule has 1 fully saturated rings. The van der Waals surface area contributed by atoms with Crippen molar-refractivity contribution in [3.05, 3.63) is 35.4 Å². The van der Waals surface area contributed by atoms with Crippen LogP contribution in [-0.4, -0.2) is 31.7 Å². The second kappa shape index (κ2) is 7.52. The van der Waals surface area contributed by atoms with Gasteiger partial charge in [0, 0.05) is 24.7 Å². The third kappa shape index (κ3) is 4.13. The van der Waals surface area contributed by atoms with Gasteiger partial charge in [0.1, 0.15) is 17.7 Å². The van der Waals surface area contributed by atoms with Crippen molar-refractivity contribution < 1.29 is 18.3 Å². The largest absolute Gasteiger partial charge is 0.366 e. The Morgan fingerprint density at radius 2 is 2.25 bits per heavy atom. The number of ether oxygens (including phenoxy) is 1. The summed E-state index contributed by atoms with van der Waals surface area (Å²) < 4.78 is 31.7. The van der Waals surface area contributed by atoms with Crippen LogP contribution in [0.4, 0.5) is 8.78 Å². The van der Waals surface area contributed by atoms with Gasteiger partial charge in [-0.1, -0.05) is 6.07 Å². The highest BCUT2D eigenvalue weighted by molar-refractivity contribution is 5.85. The molecule has 1 aromatic rings. The molecule has 7 heteroatoms. The van der Waals surface area contributed by atoms with Crippen molar-refractivity contribution in [2.75, 3.05) is 19.7 Å². The summed E-state index contributed by atoms with van der Waals surface area (Å²) in [6, 6.07) is 2.75. The van der Waals surface area contributed by atoms with Gasteiger partial charge < -0.3 is 15.4 Å². The molecule has 1 aromatic carbocycles. The van der Waals surface area contributed by atoms with Gasteiger partial charge in [0.05, 0.1) is 12.6 Å². The van der Waals surface area contributed by atoms with E-state index in [0.29, 0.717) is 19.7 Å². The van der Waals surface area contributed by atoms with Crippen molar-refractivity contribution in [1.82, 2.24) is 10.6 Å². The van der Waals surface area contributed by atoms with Crippen molar-refractivity contribution in [2.24, 2.45) is 0 Å². The number of benzene rings is 1. The van der Waals surface area contributed by atoms with Crippen LogP contribution in [0.5, 0.6) is 0 Å². The summed E-state index contributed by atoms with van der Waals surface area (Å²) in [6.45, 7) is 3.26. The molecule has 2 atom stereocenters. The third-order valence-electron chi connectivity index (χ3n) is 3.01. The van der Waals surface area contributed by atoms with Gasteiger partial charge in [0.15, 0.2) is 0 Å². The maximum absolute atomic E-state index is 13.6. The number of carbonyl (C=O) groups excluding carboxylic acids is 1.